The molecule has 3 aliphatic carbocycles. The lowest BCUT2D eigenvalue weighted by molar-refractivity contribution is -0.148. The zero-order chi connectivity index (χ0) is 27.0. The van der Waals surface area contributed by atoms with Crippen LogP contribution in [0.1, 0.15) is 22.3 Å². The molecule has 0 aliphatic heterocycles. The fourth-order valence-corrected chi connectivity index (χ4v) is 6.18. The summed E-state index contributed by atoms with van der Waals surface area (Å²) in [4.78, 5) is 40.5. The van der Waals surface area contributed by atoms with Crippen molar-refractivity contribution in [1.29, 1.82) is 0 Å². The van der Waals surface area contributed by atoms with Crippen molar-refractivity contribution in [1.82, 2.24) is 4.90 Å². The van der Waals surface area contributed by atoms with Crippen LogP contribution in [0.5, 0.6) is 5.75 Å². The number of nitrogens with zero attached hydrogens (tertiary/aromatic N) is 1. The first kappa shape index (κ1) is 24.7. The largest absolute Gasteiger partial charge is 0.510 e. The van der Waals surface area contributed by atoms with Gasteiger partial charge in [0.15, 0.2) is 11.4 Å². The summed E-state index contributed by atoms with van der Waals surface area (Å²) in [5.74, 6) is -7.77. The van der Waals surface area contributed by atoms with Gasteiger partial charge in [-0.2, -0.15) is 0 Å². The number of nitrogens with two attached hydrogens (primary N) is 1. The van der Waals surface area contributed by atoms with Gasteiger partial charge in [-0.05, 0) is 56.1 Å². The molecule has 37 heavy (non-hydrogen) atoms. The van der Waals surface area contributed by atoms with Crippen molar-refractivity contribution < 1.29 is 39.2 Å². The highest BCUT2D eigenvalue weighted by molar-refractivity contribution is 6.24. The number of aliphatic hydroxyl groups excluding tert-OH is 2. The minimum absolute atomic E-state index is 0.0435. The fourth-order valence-electron chi connectivity index (χ4n) is 6.18. The molecule has 0 radical (unpaired) electrons. The molecule has 192 valence electrons. The molecule has 0 aromatic heterocycles. The van der Waals surface area contributed by atoms with Crippen LogP contribution in [0.15, 0.2) is 59.1 Å². The molecule has 2 aromatic carbocycles. The third-order valence-electron chi connectivity index (χ3n) is 7.77. The number of hydrogen-bond acceptors (Lipinski definition) is 8. The second-order valence-electron chi connectivity index (χ2n) is 9.93. The zero-order valence-corrected chi connectivity index (χ0v) is 20.0. The summed E-state index contributed by atoms with van der Waals surface area (Å²) in [6.45, 7) is 0. The van der Waals surface area contributed by atoms with Crippen molar-refractivity contribution in [2.75, 3.05) is 14.1 Å². The lowest BCUT2D eigenvalue weighted by Crippen LogP contribution is -2.63. The SMILES string of the molecule is CN(C)[C@H]1C(O)=C(C(N)=O)C(=O)[C@]2(O)C(O)=C3C(=O)c4c(O)ccc(-c5ccccc5F)c4C[C@@H]3C[C@H]12. The van der Waals surface area contributed by atoms with Crippen LogP contribution < -0.4 is 5.73 Å². The topological polar surface area (TPSA) is 161 Å². The van der Waals surface area contributed by atoms with Gasteiger partial charge in [-0.3, -0.25) is 19.3 Å². The summed E-state index contributed by atoms with van der Waals surface area (Å²) in [5.41, 5.74) is 2.31. The Kier molecular flexibility index (Phi) is 5.50. The van der Waals surface area contributed by atoms with Gasteiger partial charge in [-0.25, -0.2) is 4.39 Å². The standard InChI is InChI=1S/C27H25FN2O7/c1-30(2)21-15-10-11-9-14-12(13-5-3-4-6-16(13)28)7-8-17(31)19(14)22(32)18(11)24(34)27(15,37)25(35)20(23(21)33)26(29)36/h3-8,11,15,21,31,33-34,37H,9-10H2,1-2H3,(H2,29,36)/t11-,15-,21-,27-/m1/s1. The van der Waals surface area contributed by atoms with E-state index in [1.807, 2.05) is 0 Å². The average molecular weight is 509 g/mol. The first-order valence-corrected chi connectivity index (χ1v) is 11.7. The summed E-state index contributed by atoms with van der Waals surface area (Å²) < 4.78 is 14.7. The number of rotatable bonds is 3. The molecule has 0 saturated carbocycles. The molecule has 4 atom stereocenters. The molecule has 0 fully saturated rings. The van der Waals surface area contributed by atoms with E-state index in [4.69, 9.17) is 5.73 Å². The molecule has 1 amide bonds. The van der Waals surface area contributed by atoms with Gasteiger partial charge in [-0.15, -0.1) is 0 Å². The molecule has 0 unspecified atom stereocenters. The number of fused-ring (bicyclic) bond motifs is 3. The summed E-state index contributed by atoms with van der Waals surface area (Å²) in [6.07, 6.45) is 0.0325. The summed E-state index contributed by atoms with van der Waals surface area (Å²) in [5, 5.41) is 44.3. The van der Waals surface area contributed by atoms with Crippen LogP contribution in [0.3, 0.4) is 0 Å². The molecule has 9 nitrogen and oxygen atoms in total. The second kappa shape index (κ2) is 8.25. The molecule has 0 spiro atoms. The Morgan fingerprint density at radius 1 is 1.08 bits per heavy atom. The summed E-state index contributed by atoms with van der Waals surface area (Å²) in [6, 6.07) is 7.66. The number of aliphatic hydroxyl groups is 3. The van der Waals surface area contributed by atoms with Crippen LogP contribution in [0.25, 0.3) is 11.1 Å². The third-order valence-corrected chi connectivity index (χ3v) is 7.77. The number of phenolic OH excluding ortho intramolecular Hbond substituents is 1. The van der Waals surface area contributed by atoms with E-state index in [2.05, 4.69) is 0 Å². The van der Waals surface area contributed by atoms with Gasteiger partial charge >= 0.3 is 0 Å². The van der Waals surface area contributed by atoms with Gasteiger partial charge in [0.25, 0.3) is 5.91 Å². The molecule has 5 rings (SSSR count). The maximum atomic E-state index is 14.7. The molecular weight excluding hydrogens is 483 g/mol. The van der Waals surface area contributed by atoms with Gasteiger partial charge in [-0.1, -0.05) is 24.3 Å². The van der Waals surface area contributed by atoms with Gasteiger partial charge in [0, 0.05) is 17.1 Å². The molecule has 2 aromatic rings. The van der Waals surface area contributed by atoms with Crippen molar-refractivity contribution in [2.45, 2.75) is 24.5 Å². The number of allylic oxidation sites excluding steroid dienone is 1. The number of halogens is 1. The number of carbonyl (C=O) groups is 3. The molecule has 10 heteroatoms. The van der Waals surface area contributed by atoms with Crippen molar-refractivity contribution in [3.05, 3.63) is 76.0 Å². The monoisotopic (exact) mass is 508 g/mol. The van der Waals surface area contributed by atoms with Crippen molar-refractivity contribution in [3.8, 4) is 16.9 Å². The molecule has 0 heterocycles. The van der Waals surface area contributed by atoms with Crippen LogP contribution in [-0.4, -0.2) is 68.5 Å². The number of aromatic hydroxyl groups is 1. The lowest BCUT2D eigenvalue weighted by Gasteiger charge is -2.50. The first-order chi connectivity index (χ1) is 17.4. The summed E-state index contributed by atoms with van der Waals surface area (Å²) >= 11 is 0. The minimum atomic E-state index is -2.71. The number of primary amides is 1. The maximum Gasteiger partial charge on any atom is 0.255 e. The Balaban J connectivity index is 1.74. The van der Waals surface area contributed by atoms with E-state index < -0.39 is 69.6 Å². The highest BCUT2D eigenvalue weighted by Gasteiger charge is 2.63. The van der Waals surface area contributed by atoms with Crippen LogP contribution in [0.4, 0.5) is 4.39 Å². The second-order valence-corrected chi connectivity index (χ2v) is 9.93. The quantitative estimate of drug-likeness (QED) is 0.393. The number of ketones is 2. The van der Waals surface area contributed by atoms with Gasteiger partial charge in [0.1, 0.15) is 28.7 Å². The lowest BCUT2D eigenvalue weighted by atomic mass is 9.58. The van der Waals surface area contributed by atoms with E-state index >= 15 is 0 Å². The smallest absolute Gasteiger partial charge is 0.255 e. The van der Waals surface area contributed by atoms with E-state index in [1.54, 1.807) is 26.2 Å². The average Bonchev–Trinajstić information content (AvgIpc) is 2.82. The molecule has 0 saturated heterocycles. The third kappa shape index (κ3) is 3.25. The predicted octanol–water partition coefficient (Wildman–Crippen LogP) is 1.93. The van der Waals surface area contributed by atoms with Crippen molar-refractivity contribution >= 4 is 17.5 Å². The maximum absolute atomic E-state index is 14.7. The Bertz CT molecular complexity index is 1460. The Morgan fingerprint density at radius 3 is 2.38 bits per heavy atom. The van der Waals surface area contributed by atoms with Gasteiger partial charge < -0.3 is 26.2 Å². The highest BCUT2D eigenvalue weighted by Crippen LogP contribution is 2.53. The molecular formula is C27H25FN2O7. The number of carbonyl (C=O) groups excluding carboxylic acids is 3. The Labute approximate surface area is 210 Å². The van der Waals surface area contributed by atoms with Crippen molar-refractivity contribution in [3.63, 3.8) is 0 Å². The number of phenols is 1. The van der Waals surface area contributed by atoms with E-state index in [0.29, 0.717) is 11.1 Å². The number of Topliss-reactive ketones (excluding diaryl/α,β-unsaturated/α-hetero) is 2. The van der Waals surface area contributed by atoms with Crippen LogP contribution in [0.2, 0.25) is 0 Å². The van der Waals surface area contributed by atoms with E-state index in [9.17, 15) is 39.2 Å². The van der Waals surface area contributed by atoms with Crippen molar-refractivity contribution in [2.24, 2.45) is 17.6 Å². The predicted molar refractivity (Wildman–Crippen MR) is 129 cm³/mol. The minimum Gasteiger partial charge on any atom is -0.510 e. The normalized spacial score (nSPS) is 27.2. The molecule has 3 aliphatic rings. The Morgan fingerprint density at radius 2 is 1.76 bits per heavy atom. The fraction of sp³-hybridized carbons (Fsp3) is 0.296. The number of hydrogen-bond donors (Lipinski definition) is 5. The van der Waals surface area contributed by atoms with E-state index in [1.165, 1.54) is 29.2 Å². The van der Waals surface area contributed by atoms with E-state index in [-0.39, 0.29) is 29.5 Å². The van der Waals surface area contributed by atoms with Gasteiger partial charge in [0.2, 0.25) is 5.78 Å². The number of likely N-dealkylation sites (N-methyl/N-ethyl adjacent to an activating group) is 1. The Hall–Kier alpha value is -4.02. The summed E-state index contributed by atoms with van der Waals surface area (Å²) in [7, 11) is 3.11. The van der Waals surface area contributed by atoms with Crippen LogP contribution >= 0.6 is 0 Å². The number of amides is 1. The van der Waals surface area contributed by atoms with Crippen LogP contribution in [-0.2, 0) is 16.0 Å². The molecule has 6 N–H and O–H groups in total. The zero-order valence-electron chi connectivity index (χ0n) is 20.0. The van der Waals surface area contributed by atoms with E-state index in [0.717, 1.165) is 0 Å². The van der Waals surface area contributed by atoms with Gasteiger partial charge in [0.05, 0.1) is 11.6 Å². The van der Waals surface area contributed by atoms with Crippen LogP contribution in [0, 0.1) is 17.7 Å². The number of benzene rings is 2. The molecule has 0 bridgehead atoms. The highest BCUT2D eigenvalue weighted by atomic mass is 19.1. The first-order valence-electron chi connectivity index (χ1n) is 11.7.